The van der Waals surface area contributed by atoms with Crippen LogP contribution in [-0.2, 0) is 33.1 Å². The average molecular weight is 573 g/mol. The van der Waals surface area contributed by atoms with Gasteiger partial charge in [-0.15, -0.1) is 0 Å². The number of hydrogen-bond donors (Lipinski definition) is 0. The number of piperidine rings is 1. The first-order chi connectivity index (χ1) is 18.7. The molecule has 210 valence electrons. The van der Waals surface area contributed by atoms with Gasteiger partial charge in [0.2, 0.25) is 20.0 Å². The smallest absolute Gasteiger partial charge is 0.243 e. The summed E-state index contributed by atoms with van der Waals surface area (Å²) < 4.78 is 68.1. The monoisotopic (exact) mass is 572 g/mol. The number of nitrogens with zero attached hydrogens (tertiary/aromatic N) is 2. The Kier molecular flexibility index (Phi) is 9.32. The van der Waals surface area contributed by atoms with Crippen LogP contribution in [0.3, 0.4) is 0 Å². The molecule has 1 heterocycles. The number of sulfonamides is 2. The van der Waals surface area contributed by atoms with E-state index in [0.29, 0.717) is 18.0 Å². The molecule has 8 nitrogen and oxygen atoms in total. The summed E-state index contributed by atoms with van der Waals surface area (Å²) >= 11 is 0. The first-order valence-electron chi connectivity index (χ1n) is 13.1. The van der Waals surface area contributed by atoms with E-state index in [-0.39, 0.29) is 28.9 Å². The van der Waals surface area contributed by atoms with Crippen molar-refractivity contribution in [2.75, 3.05) is 20.8 Å². The van der Waals surface area contributed by atoms with Crippen molar-refractivity contribution < 1.29 is 26.3 Å². The maximum Gasteiger partial charge on any atom is 0.243 e. The van der Waals surface area contributed by atoms with Crippen molar-refractivity contribution in [3.05, 3.63) is 83.9 Å². The zero-order valence-electron chi connectivity index (χ0n) is 22.6. The van der Waals surface area contributed by atoms with Crippen molar-refractivity contribution in [3.8, 4) is 11.5 Å². The van der Waals surface area contributed by atoms with Gasteiger partial charge in [-0.3, -0.25) is 0 Å². The maximum atomic E-state index is 13.9. The standard InChI is InChI=1S/C29H36N2O6S2/c1-4-25-9-5-6-19-31(25)39(34,35)29-17-15-28(16-18-29)38(32,33)30(21-23-11-13-26(36-2)14-12-23)22-24-8-7-10-27(20-24)37-3/h7-8,10-18,20,25H,4-6,9,19,21-22H2,1-3H3/t25-/m1/s1. The molecule has 0 radical (unpaired) electrons. The normalized spacial score (nSPS) is 16.8. The Hall–Kier alpha value is -2.92. The van der Waals surface area contributed by atoms with E-state index >= 15 is 0 Å². The molecular formula is C29H36N2O6S2. The highest BCUT2D eigenvalue weighted by molar-refractivity contribution is 7.89. The molecule has 3 aromatic rings. The molecule has 1 aliphatic heterocycles. The van der Waals surface area contributed by atoms with E-state index in [9.17, 15) is 16.8 Å². The first-order valence-corrected chi connectivity index (χ1v) is 15.9. The van der Waals surface area contributed by atoms with Gasteiger partial charge in [-0.25, -0.2) is 16.8 Å². The van der Waals surface area contributed by atoms with Gasteiger partial charge in [0.25, 0.3) is 0 Å². The van der Waals surface area contributed by atoms with Crippen molar-refractivity contribution in [3.63, 3.8) is 0 Å². The number of rotatable bonds is 11. The summed E-state index contributed by atoms with van der Waals surface area (Å²) in [6, 6.07) is 20.0. The SMILES string of the molecule is CC[C@@H]1CCCCN1S(=O)(=O)c1ccc(S(=O)(=O)N(Cc2ccc(OC)cc2)Cc2cccc(OC)c2)cc1. The Balaban J connectivity index is 1.65. The lowest BCUT2D eigenvalue weighted by Gasteiger charge is -2.34. The predicted molar refractivity (Wildman–Crippen MR) is 151 cm³/mol. The third-order valence-corrected chi connectivity index (χ3v) is 10.9. The van der Waals surface area contributed by atoms with E-state index in [4.69, 9.17) is 9.47 Å². The molecule has 0 aromatic heterocycles. The Labute approximate surface area is 232 Å². The van der Waals surface area contributed by atoms with E-state index in [2.05, 4.69) is 0 Å². The molecule has 1 atom stereocenters. The van der Waals surface area contributed by atoms with Gasteiger partial charge in [-0.1, -0.05) is 37.6 Å². The van der Waals surface area contributed by atoms with E-state index in [1.807, 2.05) is 31.2 Å². The van der Waals surface area contributed by atoms with Crippen LogP contribution in [0.1, 0.15) is 43.7 Å². The first kappa shape index (κ1) is 29.1. The van der Waals surface area contributed by atoms with Gasteiger partial charge >= 0.3 is 0 Å². The predicted octanol–water partition coefficient (Wildman–Crippen LogP) is 5.05. The van der Waals surface area contributed by atoms with Crippen LogP contribution in [0.4, 0.5) is 0 Å². The Morgan fingerprint density at radius 1 is 0.795 bits per heavy atom. The van der Waals surface area contributed by atoms with E-state index in [1.54, 1.807) is 42.8 Å². The summed E-state index contributed by atoms with van der Waals surface area (Å²) in [6.45, 7) is 2.71. The van der Waals surface area contributed by atoms with Crippen molar-refractivity contribution >= 4 is 20.0 Å². The highest BCUT2D eigenvalue weighted by Gasteiger charge is 2.33. The fourth-order valence-electron chi connectivity index (χ4n) is 4.90. The Bertz CT molecular complexity index is 1460. The Morgan fingerprint density at radius 3 is 2.08 bits per heavy atom. The zero-order chi connectivity index (χ0) is 28.0. The molecule has 0 bridgehead atoms. The molecule has 3 aromatic carbocycles. The van der Waals surface area contributed by atoms with Gasteiger partial charge in [0.1, 0.15) is 11.5 Å². The Morgan fingerprint density at radius 2 is 1.44 bits per heavy atom. The van der Waals surface area contributed by atoms with Crippen LogP contribution in [0, 0.1) is 0 Å². The lowest BCUT2D eigenvalue weighted by Crippen LogP contribution is -2.43. The summed E-state index contributed by atoms with van der Waals surface area (Å²) in [5.74, 6) is 1.31. The van der Waals surface area contributed by atoms with Crippen molar-refractivity contribution in [1.82, 2.24) is 8.61 Å². The summed E-state index contributed by atoms with van der Waals surface area (Å²) in [5.41, 5.74) is 1.55. The summed E-state index contributed by atoms with van der Waals surface area (Å²) in [7, 11) is -4.56. The molecule has 0 unspecified atom stereocenters. The molecule has 0 saturated carbocycles. The van der Waals surface area contributed by atoms with Gasteiger partial charge in [-0.2, -0.15) is 8.61 Å². The lowest BCUT2D eigenvalue weighted by atomic mass is 10.0. The molecular weight excluding hydrogens is 536 g/mol. The van der Waals surface area contributed by atoms with Crippen LogP contribution in [0.25, 0.3) is 0 Å². The fourth-order valence-corrected chi connectivity index (χ4v) is 8.08. The van der Waals surface area contributed by atoms with Crippen LogP contribution in [-0.4, -0.2) is 52.3 Å². The third-order valence-electron chi connectivity index (χ3n) is 7.12. The van der Waals surface area contributed by atoms with E-state index < -0.39 is 20.0 Å². The second-order valence-corrected chi connectivity index (χ2v) is 13.4. The maximum absolute atomic E-state index is 13.9. The minimum Gasteiger partial charge on any atom is -0.497 e. The van der Waals surface area contributed by atoms with Gasteiger partial charge < -0.3 is 9.47 Å². The largest absolute Gasteiger partial charge is 0.497 e. The molecule has 39 heavy (non-hydrogen) atoms. The summed E-state index contributed by atoms with van der Waals surface area (Å²) in [4.78, 5) is 0.139. The second kappa shape index (κ2) is 12.5. The second-order valence-electron chi connectivity index (χ2n) is 9.62. The van der Waals surface area contributed by atoms with Crippen LogP contribution >= 0.6 is 0 Å². The minimum absolute atomic E-state index is 0.0311. The van der Waals surface area contributed by atoms with E-state index in [0.717, 1.165) is 36.8 Å². The van der Waals surface area contributed by atoms with Gasteiger partial charge in [0, 0.05) is 25.7 Å². The highest BCUT2D eigenvalue weighted by atomic mass is 32.2. The zero-order valence-corrected chi connectivity index (χ0v) is 24.2. The number of benzene rings is 3. The van der Waals surface area contributed by atoms with E-state index in [1.165, 1.54) is 28.6 Å². The molecule has 0 aliphatic carbocycles. The van der Waals surface area contributed by atoms with Crippen molar-refractivity contribution in [2.45, 2.75) is 61.5 Å². The topological polar surface area (TPSA) is 93.2 Å². The summed E-state index contributed by atoms with van der Waals surface area (Å²) in [6.07, 6.45) is 3.43. The molecule has 10 heteroatoms. The molecule has 1 saturated heterocycles. The van der Waals surface area contributed by atoms with Crippen LogP contribution in [0.5, 0.6) is 11.5 Å². The van der Waals surface area contributed by atoms with Crippen LogP contribution in [0.2, 0.25) is 0 Å². The molecule has 4 rings (SSSR count). The van der Waals surface area contributed by atoms with Gasteiger partial charge in [0.05, 0.1) is 24.0 Å². The van der Waals surface area contributed by atoms with Gasteiger partial charge in [-0.05, 0) is 78.9 Å². The molecule has 1 fully saturated rings. The van der Waals surface area contributed by atoms with Gasteiger partial charge in [0.15, 0.2) is 0 Å². The third kappa shape index (κ3) is 6.63. The fraction of sp³-hybridized carbons (Fsp3) is 0.379. The number of hydrogen-bond acceptors (Lipinski definition) is 6. The van der Waals surface area contributed by atoms with Crippen LogP contribution in [0.15, 0.2) is 82.6 Å². The van der Waals surface area contributed by atoms with Crippen molar-refractivity contribution in [2.24, 2.45) is 0 Å². The minimum atomic E-state index is -3.98. The average Bonchev–Trinajstić information content (AvgIpc) is 2.97. The van der Waals surface area contributed by atoms with Crippen LogP contribution < -0.4 is 9.47 Å². The molecule has 0 N–H and O–H groups in total. The van der Waals surface area contributed by atoms with Crippen molar-refractivity contribution in [1.29, 1.82) is 0 Å². The number of methoxy groups -OCH3 is 2. The molecule has 0 amide bonds. The quantitative estimate of drug-likeness (QED) is 0.319. The summed E-state index contributed by atoms with van der Waals surface area (Å²) in [5, 5.41) is 0. The molecule has 0 spiro atoms. The number of ether oxygens (including phenoxy) is 2. The lowest BCUT2D eigenvalue weighted by molar-refractivity contribution is 0.246. The highest BCUT2D eigenvalue weighted by Crippen LogP contribution is 2.29. The molecule has 1 aliphatic rings.